The molecule has 18 heavy (non-hydrogen) atoms. The Kier molecular flexibility index (Phi) is 4.18. The Hall–Kier alpha value is -1.15. The van der Waals surface area contributed by atoms with Crippen molar-refractivity contribution in [1.82, 2.24) is 5.32 Å². The van der Waals surface area contributed by atoms with E-state index in [-0.39, 0.29) is 11.7 Å². The van der Waals surface area contributed by atoms with Crippen molar-refractivity contribution in [1.29, 1.82) is 0 Å². The molecule has 1 saturated heterocycles. The Morgan fingerprint density at radius 3 is 2.61 bits per heavy atom. The summed E-state index contributed by atoms with van der Waals surface area (Å²) >= 11 is 0. The van der Waals surface area contributed by atoms with Crippen LogP contribution in [-0.2, 0) is 0 Å². The van der Waals surface area contributed by atoms with Crippen LogP contribution in [0.25, 0.3) is 0 Å². The maximum Gasteiger partial charge on any atom is 0.166 e. The van der Waals surface area contributed by atoms with Gasteiger partial charge in [-0.1, -0.05) is 36.8 Å². The van der Waals surface area contributed by atoms with Gasteiger partial charge in [0.25, 0.3) is 0 Å². The maximum absolute atomic E-state index is 12.5. The van der Waals surface area contributed by atoms with E-state index in [1.54, 1.807) is 0 Å². The van der Waals surface area contributed by atoms with Crippen molar-refractivity contribution in [2.45, 2.75) is 39.7 Å². The summed E-state index contributed by atoms with van der Waals surface area (Å²) in [6, 6.07) is 8.39. The van der Waals surface area contributed by atoms with E-state index >= 15 is 0 Å². The van der Waals surface area contributed by atoms with Gasteiger partial charge >= 0.3 is 0 Å². The number of rotatable bonds is 3. The lowest BCUT2D eigenvalue weighted by molar-refractivity contribution is 0.0843. The van der Waals surface area contributed by atoms with Gasteiger partial charge in [-0.25, -0.2) is 0 Å². The highest BCUT2D eigenvalue weighted by Gasteiger charge is 2.30. The second-order valence-electron chi connectivity index (χ2n) is 5.57. The van der Waals surface area contributed by atoms with Crippen molar-refractivity contribution in [3.05, 3.63) is 35.4 Å². The summed E-state index contributed by atoms with van der Waals surface area (Å²) in [5, 5.41) is 3.48. The number of hydrogen-bond donors (Lipinski definition) is 1. The molecule has 0 radical (unpaired) electrons. The Morgan fingerprint density at radius 2 is 2.00 bits per heavy atom. The molecule has 1 aromatic rings. The molecule has 3 atom stereocenters. The molecule has 1 aliphatic rings. The number of benzene rings is 1. The number of Topliss-reactive ketones (excluding diaryl/α,β-unsaturated/α-hetero) is 1. The van der Waals surface area contributed by atoms with Crippen molar-refractivity contribution in [2.24, 2.45) is 11.8 Å². The van der Waals surface area contributed by atoms with Gasteiger partial charge in [0.1, 0.15) is 0 Å². The van der Waals surface area contributed by atoms with Gasteiger partial charge in [-0.15, -0.1) is 0 Å². The van der Waals surface area contributed by atoms with Crippen LogP contribution in [0.5, 0.6) is 0 Å². The summed E-state index contributed by atoms with van der Waals surface area (Å²) in [7, 11) is 0. The average Bonchev–Trinajstić information content (AvgIpc) is 2.38. The number of aryl methyl sites for hydroxylation is 1. The van der Waals surface area contributed by atoms with Gasteiger partial charge in [0, 0.05) is 17.5 Å². The minimum atomic E-state index is 0.107. The predicted octanol–water partition coefficient (Wildman–Crippen LogP) is 3.20. The zero-order valence-electron chi connectivity index (χ0n) is 11.6. The van der Waals surface area contributed by atoms with Crippen LogP contribution in [0.4, 0.5) is 0 Å². The van der Waals surface area contributed by atoms with E-state index in [0.29, 0.717) is 12.0 Å². The highest BCUT2D eigenvalue weighted by Crippen LogP contribution is 2.27. The largest absolute Gasteiger partial charge is 0.314 e. The van der Waals surface area contributed by atoms with E-state index in [9.17, 15) is 4.79 Å². The third-order valence-corrected chi connectivity index (χ3v) is 4.21. The molecule has 1 aromatic carbocycles. The van der Waals surface area contributed by atoms with Crippen LogP contribution < -0.4 is 5.32 Å². The molecule has 1 aliphatic heterocycles. The molecule has 0 spiro atoms. The normalized spacial score (nSPS) is 25.7. The van der Waals surface area contributed by atoms with Crippen LogP contribution in [0.3, 0.4) is 0 Å². The zero-order chi connectivity index (χ0) is 13.1. The first-order valence-electron chi connectivity index (χ1n) is 6.94. The van der Waals surface area contributed by atoms with Gasteiger partial charge in [0.15, 0.2) is 5.78 Å². The summed E-state index contributed by atoms with van der Waals surface area (Å²) in [6.07, 6.45) is 2.34. The highest BCUT2D eigenvalue weighted by atomic mass is 16.1. The van der Waals surface area contributed by atoms with Crippen molar-refractivity contribution < 1.29 is 4.79 Å². The summed E-state index contributed by atoms with van der Waals surface area (Å²) in [4.78, 5) is 12.5. The van der Waals surface area contributed by atoms with Gasteiger partial charge in [0.05, 0.1) is 0 Å². The first-order valence-corrected chi connectivity index (χ1v) is 6.94. The monoisotopic (exact) mass is 245 g/mol. The number of hydrogen-bond acceptors (Lipinski definition) is 2. The summed E-state index contributed by atoms with van der Waals surface area (Å²) in [6.45, 7) is 7.41. The first kappa shape index (κ1) is 13.3. The summed E-state index contributed by atoms with van der Waals surface area (Å²) in [5.74, 6) is 0.860. The van der Waals surface area contributed by atoms with E-state index in [1.165, 1.54) is 12.0 Å². The topological polar surface area (TPSA) is 29.1 Å². The lowest BCUT2D eigenvalue weighted by Crippen LogP contribution is -2.43. The molecule has 1 fully saturated rings. The van der Waals surface area contributed by atoms with Crippen LogP contribution in [0, 0.1) is 18.8 Å². The molecule has 0 bridgehead atoms. The highest BCUT2D eigenvalue weighted by molar-refractivity contribution is 5.97. The molecule has 2 heteroatoms. The predicted molar refractivity (Wildman–Crippen MR) is 74.9 cm³/mol. The molecule has 0 aliphatic carbocycles. The molecule has 98 valence electrons. The van der Waals surface area contributed by atoms with E-state index in [4.69, 9.17) is 0 Å². The third kappa shape index (κ3) is 2.81. The van der Waals surface area contributed by atoms with Gasteiger partial charge in [-0.3, -0.25) is 4.79 Å². The van der Waals surface area contributed by atoms with Gasteiger partial charge in [-0.2, -0.15) is 0 Å². The second-order valence-corrected chi connectivity index (χ2v) is 5.57. The molecule has 3 unspecified atom stereocenters. The number of piperidine rings is 1. The molecule has 1 heterocycles. The number of ketones is 1. The molecule has 0 amide bonds. The molecule has 2 rings (SSSR count). The Bertz CT molecular complexity index is 410. The fourth-order valence-electron chi connectivity index (χ4n) is 2.93. The van der Waals surface area contributed by atoms with Gasteiger partial charge in [0.2, 0.25) is 0 Å². The van der Waals surface area contributed by atoms with E-state index < -0.39 is 0 Å². The van der Waals surface area contributed by atoms with Crippen molar-refractivity contribution in [3.8, 4) is 0 Å². The van der Waals surface area contributed by atoms with Crippen LogP contribution in [0.15, 0.2) is 24.3 Å². The van der Waals surface area contributed by atoms with E-state index in [2.05, 4.69) is 19.2 Å². The zero-order valence-corrected chi connectivity index (χ0v) is 11.6. The molecule has 0 aromatic heterocycles. The quantitative estimate of drug-likeness (QED) is 0.829. The first-order chi connectivity index (χ1) is 8.59. The Balaban J connectivity index is 2.10. The number of nitrogens with one attached hydrogen (secondary N) is 1. The summed E-state index contributed by atoms with van der Waals surface area (Å²) in [5.41, 5.74) is 2.05. The van der Waals surface area contributed by atoms with Crippen molar-refractivity contribution in [3.63, 3.8) is 0 Å². The second kappa shape index (κ2) is 5.66. The molecular formula is C16H23NO. The lowest BCUT2D eigenvalue weighted by Gasteiger charge is -2.33. The van der Waals surface area contributed by atoms with Crippen molar-refractivity contribution in [2.75, 3.05) is 6.54 Å². The third-order valence-electron chi connectivity index (χ3n) is 4.21. The van der Waals surface area contributed by atoms with E-state index in [0.717, 1.165) is 18.5 Å². The fourth-order valence-corrected chi connectivity index (χ4v) is 2.93. The standard InChI is InChI=1S/C16H23NO/c1-11-6-8-14(9-7-11)16(18)12(2)15-5-4-10-17-13(15)3/h6-9,12-13,15,17H,4-5,10H2,1-3H3. The van der Waals surface area contributed by atoms with E-state index in [1.807, 2.05) is 31.2 Å². The van der Waals surface area contributed by atoms with Crippen LogP contribution in [0.2, 0.25) is 0 Å². The van der Waals surface area contributed by atoms with Crippen LogP contribution in [0.1, 0.15) is 42.6 Å². The molecule has 0 saturated carbocycles. The van der Waals surface area contributed by atoms with Crippen molar-refractivity contribution >= 4 is 5.78 Å². The number of carbonyl (C=O) groups excluding carboxylic acids is 1. The summed E-state index contributed by atoms with van der Waals surface area (Å²) < 4.78 is 0. The van der Waals surface area contributed by atoms with Crippen LogP contribution in [-0.4, -0.2) is 18.4 Å². The lowest BCUT2D eigenvalue weighted by atomic mass is 9.78. The SMILES string of the molecule is Cc1ccc(C(=O)C(C)C2CCCNC2C)cc1. The maximum atomic E-state index is 12.5. The number of carbonyl (C=O) groups is 1. The molecule has 2 nitrogen and oxygen atoms in total. The van der Waals surface area contributed by atoms with Crippen LogP contribution >= 0.6 is 0 Å². The fraction of sp³-hybridized carbons (Fsp3) is 0.562. The van der Waals surface area contributed by atoms with Gasteiger partial charge in [-0.05, 0) is 39.2 Å². The Morgan fingerprint density at radius 1 is 1.33 bits per heavy atom. The molecular weight excluding hydrogens is 222 g/mol. The smallest absolute Gasteiger partial charge is 0.166 e. The minimum Gasteiger partial charge on any atom is -0.314 e. The average molecular weight is 245 g/mol. The van der Waals surface area contributed by atoms with Gasteiger partial charge < -0.3 is 5.32 Å². The minimum absolute atomic E-state index is 0.107. The molecule has 1 N–H and O–H groups in total. The Labute approximate surface area is 110 Å².